The topological polar surface area (TPSA) is 74.2 Å². The number of nitriles is 1. The lowest BCUT2D eigenvalue weighted by molar-refractivity contribution is 0.262. The molecule has 0 aromatic heterocycles. The summed E-state index contributed by atoms with van der Waals surface area (Å²) in [5.41, 5.74) is 3.35. The van der Waals surface area contributed by atoms with Gasteiger partial charge in [0.2, 0.25) is 0 Å². The van der Waals surface area contributed by atoms with Crippen LogP contribution in [0.1, 0.15) is 16.7 Å². The molecule has 0 atom stereocenters. The maximum Gasteiger partial charge on any atom is 0.323 e. The normalized spacial score (nSPS) is 9.68. The molecule has 3 aromatic carbocycles. The first kappa shape index (κ1) is 18.6. The summed E-state index contributed by atoms with van der Waals surface area (Å²) >= 11 is 0. The molecule has 0 aliphatic rings. The Morgan fingerprint density at radius 2 is 1.68 bits per heavy atom. The summed E-state index contributed by atoms with van der Waals surface area (Å²) in [5.74, 6) is 3.74. The van der Waals surface area contributed by atoms with Crippen LogP contribution in [0.25, 0.3) is 0 Å². The number of hydrogen-bond acceptors (Lipinski definition) is 3. The van der Waals surface area contributed by atoms with E-state index < -0.39 is 0 Å². The predicted molar refractivity (Wildman–Crippen MR) is 109 cm³/mol. The van der Waals surface area contributed by atoms with Gasteiger partial charge in [0.1, 0.15) is 11.5 Å². The predicted octanol–water partition coefficient (Wildman–Crippen LogP) is 5.28. The number of nitrogens with one attached hydrogen (secondary N) is 2. The molecule has 5 heteroatoms. The van der Waals surface area contributed by atoms with Crippen LogP contribution in [0.3, 0.4) is 0 Å². The molecule has 2 amide bonds. The first-order chi connectivity index (χ1) is 13.6. The highest BCUT2D eigenvalue weighted by Crippen LogP contribution is 2.28. The Morgan fingerprint density at radius 1 is 0.964 bits per heavy atom. The maximum atomic E-state index is 12.3. The van der Waals surface area contributed by atoms with Crippen LogP contribution in [0.4, 0.5) is 16.2 Å². The van der Waals surface area contributed by atoms with E-state index in [2.05, 4.69) is 22.6 Å². The lowest BCUT2D eigenvalue weighted by Crippen LogP contribution is -2.19. The third kappa shape index (κ3) is 4.69. The van der Waals surface area contributed by atoms with Gasteiger partial charge in [-0.2, -0.15) is 5.26 Å². The van der Waals surface area contributed by atoms with Crippen LogP contribution in [0.5, 0.6) is 11.5 Å². The number of urea groups is 1. The van der Waals surface area contributed by atoms with Crippen LogP contribution in [0, 0.1) is 30.6 Å². The average Bonchev–Trinajstić information content (AvgIpc) is 2.71. The zero-order valence-corrected chi connectivity index (χ0v) is 15.2. The minimum absolute atomic E-state index is 0.387. The number of rotatable bonds is 4. The number of ether oxygens (including phenoxy) is 1. The van der Waals surface area contributed by atoms with Crippen molar-refractivity contribution in [2.75, 3.05) is 10.6 Å². The molecular weight excluding hydrogens is 350 g/mol. The Kier molecular flexibility index (Phi) is 5.60. The maximum absolute atomic E-state index is 12.3. The van der Waals surface area contributed by atoms with Crippen molar-refractivity contribution in [1.82, 2.24) is 0 Å². The molecule has 0 aliphatic carbocycles. The molecule has 0 radical (unpaired) electrons. The number of carbonyl (C=O) groups is 1. The van der Waals surface area contributed by atoms with Gasteiger partial charge >= 0.3 is 6.03 Å². The van der Waals surface area contributed by atoms with Crippen molar-refractivity contribution < 1.29 is 9.53 Å². The summed E-state index contributed by atoms with van der Waals surface area (Å²) in [5, 5.41) is 14.4. The first-order valence-electron chi connectivity index (χ1n) is 8.51. The van der Waals surface area contributed by atoms with Crippen molar-refractivity contribution in [1.29, 1.82) is 5.26 Å². The second-order valence-corrected chi connectivity index (χ2v) is 6.02. The molecule has 3 rings (SSSR count). The fourth-order valence-corrected chi connectivity index (χ4v) is 2.49. The molecule has 2 N–H and O–H groups in total. The minimum atomic E-state index is -0.387. The first-order valence-corrected chi connectivity index (χ1v) is 8.51. The Bertz CT molecular complexity index is 1090. The molecule has 136 valence electrons. The number of hydrogen-bond donors (Lipinski definition) is 2. The number of amides is 2. The van der Waals surface area contributed by atoms with Crippen molar-refractivity contribution in [3.8, 4) is 29.9 Å². The Labute approximate surface area is 163 Å². The van der Waals surface area contributed by atoms with Crippen LogP contribution in [-0.2, 0) is 0 Å². The summed E-state index contributed by atoms with van der Waals surface area (Å²) in [4.78, 5) is 12.3. The standard InChI is InChI=1S/C23H17N3O2/c1-3-17-5-4-6-19(13-17)25-23(27)26-20-10-7-16(2)22(14-20)28-21-11-8-18(15-24)9-12-21/h1,4-14H,2H3,(H2,25,26,27). The van der Waals surface area contributed by atoms with Gasteiger partial charge < -0.3 is 15.4 Å². The van der Waals surface area contributed by atoms with E-state index in [0.717, 1.165) is 5.56 Å². The van der Waals surface area contributed by atoms with Crippen molar-refractivity contribution in [2.24, 2.45) is 0 Å². The largest absolute Gasteiger partial charge is 0.457 e. The Balaban J connectivity index is 1.70. The van der Waals surface area contributed by atoms with Gasteiger partial charge in [0.05, 0.1) is 11.6 Å². The van der Waals surface area contributed by atoms with Crippen molar-refractivity contribution in [2.45, 2.75) is 6.92 Å². The smallest absolute Gasteiger partial charge is 0.323 e. The van der Waals surface area contributed by atoms with Gasteiger partial charge in [-0.05, 0) is 61.0 Å². The fourth-order valence-electron chi connectivity index (χ4n) is 2.49. The van der Waals surface area contributed by atoms with E-state index >= 15 is 0 Å². The molecule has 0 aliphatic heterocycles. The molecule has 0 heterocycles. The summed E-state index contributed by atoms with van der Waals surface area (Å²) < 4.78 is 5.88. The van der Waals surface area contributed by atoms with Gasteiger partial charge in [0, 0.05) is 23.0 Å². The van der Waals surface area contributed by atoms with E-state index in [0.29, 0.717) is 34.0 Å². The van der Waals surface area contributed by atoms with Crippen molar-refractivity contribution in [3.63, 3.8) is 0 Å². The molecule has 28 heavy (non-hydrogen) atoms. The van der Waals surface area contributed by atoms with Gasteiger partial charge in [-0.25, -0.2) is 4.79 Å². The molecule has 0 unspecified atom stereocenters. The molecule has 0 fully saturated rings. The zero-order valence-electron chi connectivity index (χ0n) is 15.2. The number of benzene rings is 3. The van der Waals surface area contributed by atoms with Gasteiger partial charge in [0.15, 0.2) is 0 Å². The van der Waals surface area contributed by atoms with E-state index in [1.165, 1.54) is 0 Å². The minimum Gasteiger partial charge on any atom is -0.457 e. The number of carbonyl (C=O) groups excluding carboxylic acids is 1. The quantitative estimate of drug-likeness (QED) is 0.616. The van der Waals surface area contributed by atoms with Crippen LogP contribution in [0.2, 0.25) is 0 Å². The number of terminal acetylenes is 1. The third-order valence-corrected chi connectivity index (χ3v) is 3.94. The van der Waals surface area contributed by atoms with Gasteiger partial charge in [-0.15, -0.1) is 6.42 Å². The molecule has 5 nitrogen and oxygen atoms in total. The highest BCUT2D eigenvalue weighted by Gasteiger charge is 2.07. The van der Waals surface area contributed by atoms with E-state index in [9.17, 15) is 4.79 Å². The zero-order chi connectivity index (χ0) is 19.9. The summed E-state index contributed by atoms with van der Waals surface area (Å²) in [6.45, 7) is 1.91. The van der Waals surface area contributed by atoms with Crippen LogP contribution >= 0.6 is 0 Å². The lowest BCUT2D eigenvalue weighted by atomic mass is 10.2. The summed E-state index contributed by atoms with van der Waals surface area (Å²) in [6, 6.07) is 20.9. The third-order valence-electron chi connectivity index (χ3n) is 3.94. The SMILES string of the molecule is C#Cc1cccc(NC(=O)Nc2ccc(C)c(Oc3ccc(C#N)cc3)c2)c1. The van der Waals surface area contributed by atoms with Gasteiger partial charge in [-0.1, -0.05) is 18.1 Å². The van der Waals surface area contributed by atoms with Crippen molar-refractivity contribution >= 4 is 17.4 Å². The monoisotopic (exact) mass is 367 g/mol. The molecule has 0 saturated heterocycles. The van der Waals surface area contributed by atoms with Gasteiger partial charge in [-0.3, -0.25) is 0 Å². The molecule has 0 saturated carbocycles. The number of nitrogens with zero attached hydrogens (tertiary/aromatic N) is 1. The molecular formula is C23H17N3O2. The Hall–Kier alpha value is -4.22. The Morgan fingerprint density at radius 3 is 2.36 bits per heavy atom. The van der Waals surface area contributed by atoms with Crippen LogP contribution in [-0.4, -0.2) is 6.03 Å². The van der Waals surface area contributed by atoms with E-state index in [4.69, 9.17) is 16.4 Å². The average molecular weight is 367 g/mol. The lowest BCUT2D eigenvalue weighted by Gasteiger charge is -2.12. The van der Waals surface area contributed by atoms with Gasteiger partial charge in [0.25, 0.3) is 0 Å². The second-order valence-electron chi connectivity index (χ2n) is 6.02. The molecule has 3 aromatic rings. The van der Waals surface area contributed by atoms with E-state index in [1.54, 1.807) is 60.7 Å². The highest BCUT2D eigenvalue weighted by atomic mass is 16.5. The second kappa shape index (κ2) is 8.44. The molecule has 0 bridgehead atoms. The van der Waals surface area contributed by atoms with Crippen LogP contribution in [0.15, 0.2) is 66.7 Å². The van der Waals surface area contributed by atoms with E-state index in [-0.39, 0.29) is 6.03 Å². The highest BCUT2D eigenvalue weighted by molar-refractivity contribution is 6.00. The van der Waals surface area contributed by atoms with Crippen molar-refractivity contribution in [3.05, 3.63) is 83.4 Å². The van der Waals surface area contributed by atoms with Crippen LogP contribution < -0.4 is 15.4 Å². The molecule has 0 spiro atoms. The number of aryl methyl sites for hydroxylation is 1. The van der Waals surface area contributed by atoms with E-state index in [1.807, 2.05) is 13.0 Å². The fraction of sp³-hybridized carbons (Fsp3) is 0.0435. The summed E-state index contributed by atoms with van der Waals surface area (Å²) in [7, 11) is 0. The number of anilines is 2. The summed E-state index contributed by atoms with van der Waals surface area (Å²) in [6.07, 6.45) is 5.38.